The van der Waals surface area contributed by atoms with Gasteiger partial charge in [-0.25, -0.2) is 4.39 Å². The van der Waals surface area contributed by atoms with Crippen molar-refractivity contribution in [3.63, 3.8) is 0 Å². The van der Waals surface area contributed by atoms with Crippen molar-refractivity contribution in [2.24, 2.45) is 11.7 Å². The van der Waals surface area contributed by atoms with E-state index < -0.39 is 0 Å². The average molecular weight is 293 g/mol. The number of halogens is 3. The summed E-state index contributed by atoms with van der Waals surface area (Å²) < 4.78 is 14.1. The first-order valence-corrected chi connectivity index (χ1v) is 6.40. The zero-order valence-corrected chi connectivity index (χ0v) is 12.0. The van der Waals surface area contributed by atoms with Gasteiger partial charge in [0.05, 0.1) is 0 Å². The number of benzene rings is 1. The van der Waals surface area contributed by atoms with Crippen LogP contribution < -0.4 is 11.1 Å². The summed E-state index contributed by atoms with van der Waals surface area (Å²) in [6, 6.07) is 3.12. The number of hydrogen-bond donors (Lipinski definition) is 2. The van der Waals surface area contributed by atoms with Crippen LogP contribution in [0.5, 0.6) is 0 Å². The maximum Gasteiger partial charge on any atom is 0.132 e. The largest absolute Gasteiger partial charge is 0.324 e. The molecule has 0 aliphatic carbocycles. The fourth-order valence-electron chi connectivity index (χ4n) is 2.42. The van der Waals surface area contributed by atoms with Crippen molar-refractivity contribution < 1.29 is 4.39 Å². The highest BCUT2D eigenvalue weighted by atomic mass is 35.5. The van der Waals surface area contributed by atoms with Crippen molar-refractivity contribution in [3.8, 4) is 0 Å². The summed E-state index contributed by atoms with van der Waals surface area (Å²) in [6.07, 6.45) is 1.95. The SMILES string of the molecule is Cc1ccc(Cl)c([C@H](N)C2CCNCC2)c1F.Cl. The van der Waals surface area contributed by atoms with E-state index in [0.29, 0.717) is 22.1 Å². The van der Waals surface area contributed by atoms with Crippen LogP contribution in [0.3, 0.4) is 0 Å². The monoisotopic (exact) mass is 292 g/mol. The molecule has 0 unspecified atom stereocenters. The summed E-state index contributed by atoms with van der Waals surface area (Å²) in [6.45, 7) is 3.64. The summed E-state index contributed by atoms with van der Waals surface area (Å²) in [5.41, 5.74) is 7.28. The average Bonchev–Trinajstić information content (AvgIpc) is 2.35. The molecule has 1 aromatic rings. The maximum absolute atomic E-state index is 14.1. The van der Waals surface area contributed by atoms with E-state index in [4.69, 9.17) is 17.3 Å². The van der Waals surface area contributed by atoms with E-state index in [1.807, 2.05) is 0 Å². The molecule has 18 heavy (non-hydrogen) atoms. The van der Waals surface area contributed by atoms with Gasteiger partial charge in [0.1, 0.15) is 5.82 Å². The Kier molecular flexibility index (Phi) is 5.86. The first-order chi connectivity index (χ1) is 8.11. The minimum atomic E-state index is -0.301. The van der Waals surface area contributed by atoms with Crippen LogP contribution in [0.15, 0.2) is 12.1 Å². The number of piperidine rings is 1. The van der Waals surface area contributed by atoms with Gasteiger partial charge in [-0.2, -0.15) is 0 Å². The number of hydrogen-bond acceptors (Lipinski definition) is 2. The van der Waals surface area contributed by atoms with Gasteiger partial charge in [0.25, 0.3) is 0 Å². The smallest absolute Gasteiger partial charge is 0.132 e. The van der Waals surface area contributed by atoms with Crippen LogP contribution in [-0.4, -0.2) is 13.1 Å². The van der Waals surface area contributed by atoms with Crippen molar-refractivity contribution in [1.29, 1.82) is 0 Å². The third-order valence-corrected chi connectivity index (χ3v) is 3.87. The Morgan fingerprint density at radius 1 is 1.39 bits per heavy atom. The van der Waals surface area contributed by atoms with E-state index in [1.54, 1.807) is 19.1 Å². The Labute approximate surface area is 118 Å². The Hall–Kier alpha value is -0.350. The molecule has 1 aliphatic rings. The quantitative estimate of drug-likeness (QED) is 0.878. The van der Waals surface area contributed by atoms with E-state index in [1.165, 1.54) is 0 Å². The van der Waals surface area contributed by atoms with Gasteiger partial charge in [-0.05, 0) is 50.4 Å². The topological polar surface area (TPSA) is 38.0 Å². The number of nitrogens with two attached hydrogens (primary N) is 1. The van der Waals surface area contributed by atoms with Gasteiger partial charge < -0.3 is 11.1 Å². The minimum absolute atomic E-state index is 0. The molecule has 102 valence electrons. The third kappa shape index (κ3) is 3.15. The molecule has 0 radical (unpaired) electrons. The van der Waals surface area contributed by atoms with Crippen LogP contribution in [0, 0.1) is 18.7 Å². The predicted octanol–water partition coefficient (Wildman–Crippen LogP) is 3.21. The molecule has 2 rings (SSSR count). The highest BCUT2D eigenvalue weighted by Crippen LogP contribution is 2.33. The fourth-order valence-corrected chi connectivity index (χ4v) is 2.69. The van der Waals surface area contributed by atoms with E-state index in [9.17, 15) is 4.39 Å². The molecule has 1 fully saturated rings. The highest BCUT2D eigenvalue weighted by molar-refractivity contribution is 6.31. The second kappa shape index (κ2) is 6.71. The van der Waals surface area contributed by atoms with Gasteiger partial charge >= 0.3 is 0 Å². The Balaban J connectivity index is 0.00000162. The number of rotatable bonds is 2. The van der Waals surface area contributed by atoms with Gasteiger partial charge in [-0.3, -0.25) is 0 Å². The van der Waals surface area contributed by atoms with E-state index >= 15 is 0 Å². The predicted molar refractivity (Wildman–Crippen MR) is 75.9 cm³/mol. The lowest BCUT2D eigenvalue weighted by Gasteiger charge is -2.29. The van der Waals surface area contributed by atoms with Gasteiger partial charge in [0, 0.05) is 16.6 Å². The molecule has 1 aromatic carbocycles. The highest BCUT2D eigenvalue weighted by Gasteiger charge is 2.26. The minimum Gasteiger partial charge on any atom is -0.324 e. The first-order valence-electron chi connectivity index (χ1n) is 6.02. The fraction of sp³-hybridized carbons (Fsp3) is 0.538. The molecule has 1 heterocycles. The standard InChI is InChI=1S/C13H18ClFN2.ClH/c1-8-2-3-10(14)11(12(8)15)13(16)9-4-6-17-7-5-9;/h2-3,9,13,17H,4-7,16H2,1H3;1H/t13-;/m1./s1. The van der Waals surface area contributed by atoms with Crippen molar-refractivity contribution in [2.45, 2.75) is 25.8 Å². The molecule has 1 atom stereocenters. The lowest BCUT2D eigenvalue weighted by Crippen LogP contribution is -2.34. The molecule has 3 N–H and O–H groups in total. The van der Waals surface area contributed by atoms with Gasteiger partial charge in [-0.15, -0.1) is 12.4 Å². The van der Waals surface area contributed by atoms with Crippen molar-refractivity contribution >= 4 is 24.0 Å². The number of nitrogens with one attached hydrogen (secondary N) is 1. The third-order valence-electron chi connectivity index (χ3n) is 3.54. The van der Waals surface area contributed by atoms with Crippen LogP contribution >= 0.6 is 24.0 Å². The molecule has 1 saturated heterocycles. The van der Waals surface area contributed by atoms with Crippen LogP contribution in [0.4, 0.5) is 4.39 Å². The molecule has 1 aliphatic heterocycles. The molecule has 0 saturated carbocycles. The summed E-state index contributed by atoms with van der Waals surface area (Å²) in [7, 11) is 0. The molecule has 2 nitrogen and oxygen atoms in total. The first kappa shape index (κ1) is 15.7. The second-order valence-electron chi connectivity index (χ2n) is 4.71. The molecular weight excluding hydrogens is 274 g/mol. The van der Waals surface area contributed by atoms with Gasteiger partial charge in [-0.1, -0.05) is 17.7 Å². The Bertz CT molecular complexity index is 406. The van der Waals surface area contributed by atoms with Crippen molar-refractivity contribution in [3.05, 3.63) is 34.1 Å². The van der Waals surface area contributed by atoms with Gasteiger partial charge in [0.15, 0.2) is 0 Å². The summed E-state index contributed by atoms with van der Waals surface area (Å²) >= 11 is 6.08. The van der Waals surface area contributed by atoms with Crippen molar-refractivity contribution in [1.82, 2.24) is 5.32 Å². The normalized spacial score (nSPS) is 18.2. The maximum atomic E-state index is 14.1. The van der Waals surface area contributed by atoms with E-state index in [0.717, 1.165) is 25.9 Å². The molecule has 5 heteroatoms. The van der Waals surface area contributed by atoms with E-state index in [-0.39, 0.29) is 24.3 Å². The van der Waals surface area contributed by atoms with Gasteiger partial charge in [0.2, 0.25) is 0 Å². The Morgan fingerprint density at radius 3 is 2.61 bits per heavy atom. The lowest BCUT2D eigenvalue weighted by molar-refractivity contribution is 0.317. The molecule has 0 spiro atoms. The molecule has 0 aromatic heterocycles. The van der Waals surface area contributed by atoms with Crippen molar-refractivity contribution in [2.75, 3.05) is 13.1 Å². The zero-order valence-electron chi connectivity index (χ0n) is 10.4. The Morgan fingerprint density at radius 2 is 2.00 bits per heavy atom. The lowest BCUT2D eigenvalue weighted by atomic mass is 9.86. The second-order valence-corrected chi connectivity index (χ2v) is 5.11. The molecule has 0 bridgehead atoms. The summed E-state index contributed by atoms with van der Waals surface area (Å²) in [4.78, 5) is 0. The number of aryl methyl sites for hydroxylation is 1. The van der Waals surface area contributed by atoms with Crippen LogP contribution in [0.1, 0.15) is 30.0 Å². The van der Waals surface area contributed by atoms with E-state index in [2.05, 4.69) is 5.32 Å². The van der Waals surface area contributed by atoms with Crippen LogP contribution in [-0.2, 0) is 0 Å². The van der Waals surface area contributed by atoms with Crippen LogP contribution in [0.2, 0.25) is 5.02 Å². The molecular formula is C13H19Cl2FN2. The zero-order chi connectivity index (χ0) is 12.4. The summed E-state index contributed by atoms with van der Waals surface area (Å²) in [5.74, 6) is 0.0635. The summed E-state index contributed by atoms with van der Waals surface area (Å²) in [5, 5.41) is 3.72. The van der Waals surface area contributed by atoms with Crippen LogP contribution in [0.25, 0.3) is 0 Å². The molecule has 0 amide bonds.